The summed E-state index contributed by atoms with van der Waals surface area (Å²) in [4.78, 5) is 2.46. The van der Waals surface area contributed by atoms with Crippen molar-refractivity contribution in [3.8, 4) is 0 Å². The van der Waals surface area contributed by atoms with Gasteiger partial charge in [0.1, 0.15) is 0 Å². The molecule has 1 heterocycles. The van der Waals surface area contributed by atoms with Crippen molar-refractivity contribution in [2.24, 2.45) is 11.7 Å². The van der Waals surface area contributed by atoms with Gasteiger partial charge in [0.25, 0.3) is 0 Å². The van der Waals surface area contributed by atoms with Gasteiger partial charge in [-0.15, -0.1) is 0 Å². The zero-order valence-corrected chi connectivity index (χ0v) is 11.4. The molecule has 4 heteroatoms. The summed E-state index contributed by atoms with van der Waals surface area (Å²) in [5, 5.41) is 0. The fourth-order valence-corrected chi connectivity index (χ4v) is 2.05. The zero-order chi connectivity index (χ0) is 12.5. The lowest BCUT2D eigenvalue weighted by Crippen LogP contribution is -2.39. The average Bonchev–Trinajstić information content (AvgIpc) is 2.33. The molecule has 0 spiro atoms. The quantitative estimate of drug-likeness (QED) is 0.650. The van der Waals surface area contributed by atoms with Crippen LogP contribution in [0.1, 0.15) is 26.7 Å². The molecular formula is C13H28N2O2. The first kappa shape index (κ1) is 14.9. The van der Waals surface area contributed by atoms with E-state index < -0.39 is 0 Å². The largest absolute Gasteiger partial charge is 0.380 e. The second-order valence-electron chi connectivity index (χ2n) is 5.17. The molecule has 0 aromatic carbocycles. The van der Waals surface area contributed by atoms with Gasteiger partial charge in [-0.2, -0.15) is 0 Å². The molecule has 1 rings (SSSR count). The van der Waals surface area contributed by atoms with Gasteiger partial charge in [0, 0.05) is 32.8 Å². The van der Waals surface area contributed by atoms with Crippen molar-refractivity contribution in [2.75, 3.05) is 46.0 Å². The number of hydrogen-bond donors (Lipinski definition) is 1. The average molecular weight is 244 g/mol. The van der Waals surface area contributed by atoms with Crippen LogP contribution in [-0.2, 0) is 9.47 Å². The Morgan fingerprint density at radius 3 is 2.53 bits per heavy atom. The van der Waals surface area contributed by atoms with Crippen molar-refractivity contribution >= 4 is 0 Å². The molecule has 0 aromatic rings. The van der Waals surface area contributed by atoms with Gasteiger partial charge in [-0.25, -0.2) is 0 Å². The molecule has 17 heavy (non-hydrogen) atoms. The standard InChI is InChI=1S/C13H28N2O2/c1-12(2)11-16-10-8-15-6-3-13(4-7-15)17-9-5-14/h12-13H,3-11,14H2,1-2H3. The molecule has 2 N–H and O–H groups in total. The van der Waals surface area contributed by atoms with E-state index in [4.69, 9.17) is 15.2 Å². The highest BCUT2D eigenvalue weighted by molar-refractivity contribution is 4.72. The van der Waals surface area contributed by atoms with Gasteiger partial charge in [-0.3, -0.25) is 0 Å². The van der Waals surface area contributed by atoms with E-state index in [9.17, 15) is 0 Å². The molecule has 0 atom stereocenters. The Morgan fingerprint density at radius 2 is 1.94 bits per heavy atom. The van der Waals surface area contributed by atoms with E-state index in [-0.39, 0.29) is 0 Å². The molecule has 0 saturated carbocycles. The van der Waals surface area contributed by atoms with E-state index >= 15 is 0 Å². The molecule has 0 aliphatic carbocycles. The van der Waals surface area contributed by atoms with E-state index in [1.54, 1.807) is 0 Å². The van der Waals surface area contributed by atoms with Crippen molar-refractivity contribution in [3.05, 3.63) is 0 Å². The summed E-state index contributed by atoms with van der Waals surface area (Å²) in [6.07, 6.45) is 2.68. The van der Waals surface area contributed by atoms with Gasteiger partial charge in [-0.1, -0.05) is 13.8 Å². The van der Waals surface area contributed by atoms with Gasteiger partial charge in [0.05, 0.1) is 19.3 Å². The molecule has 1 aliphatic heterocycles. The molecule has 1 saturated heterocycles. The molecule has 102 valence electrons. The molecule has 0 radical (unpaired) electrons. The van der Waals surface area contributed by atoms with Crippen LogP contribution >= 0.6 is 0 Å². The number of likely N-dealkylation sites (tertiary alicyclic amines) is 1. The maximum atomic E-state index is 5.65. The number of nitrogens with two attached hydrogens (primary N) is 1. The van der Waals surface area contributed by atoms with Crippen LogP contribution in [0.15, 0.2) is 0 Å². The Bertz CT molecular complexity index is 180. The minimum atomic E-state index is 0.423. The molecule has 0 unspecified atom stereocenters. The van der Waals surface area contributed by atoms with Gasteiger partial charge in [-0.05, 0) is 18.8 Å². The van der Waals surface area contributed by atoms with Gasteiger partial charge < -0.3 is 20.1 Å². The van der Waals surface area contributed by atoms with Crippen LogP contribution in [0.5, 0.6) is 0 Å². The van der Waals surface area contributed by atoms with Crippen LogP contribution in [0, 0.1) is 5.92 Å². The summed E-state index contributed by atoms with van der Waals surface area (Å²) in [5.41, 5.74) is 5.43. The maximum absolute atomic E-state index is 5.65. The number of ether oxygens (including phenoxy) is 2. The van der Waals surface area contributed by atoms with E-state index in [0.717, 1.165) is 45.7 Å². The van der Waals surface area contributed by atoms with E-state index in [2.05, 4.69) is 18.7 Å². The van der Waals surface area contributed by atoms with Crippen molar-refractivity contribution in [1.29, 1.82) is 0 Å². The fraction of sp³-hybridized carbons (Fsp3) is 1.00. The predicted octanol–water partition coefficient (Wildman–Crippen LogP) is 1.10. The second kappa shape index (κ2) is 8.86. The second-order valence-corrected chi connectivity index (χ2v) is 5.17. The Labute approximate surface area is 105 Å². The van der Waals surface area contributed by atoms with E-state index in [0.29, 0.717) is 25.2 Å². The first-order valence-corrected chi connectivity index (χ1v) is 6.84. The van der Waals surface area contributed by atoms with Gasteiger partial charge >= 0.3 is 0 Å². The van der Waals surface area contributed by atoms with E-state index in [1.165, 1.54) is 0 Å². The summed E-state index contributed by atoms with van der Waals surface area (Å²) in [5.74, 6) is 0.630. The van der Waals surface area contributed by atoms with Crippen molar-refractivity contribution in [2.45, 2.75) is 32.8 Å². The predicted molar refractivity (Wildman–Crippen MR) is 70.1 cm³/mol. The lowest BCUT2D eigenvalue weighted by molar-refractivity contribution is 0.00317. The Kier molecular flexibility index (Phi) is 7.77. The number of hydrogen-bond acceptors (Lipinski definition) is 4. The summed E-state index contributed by atoms with van der Waals surface area (Å²) < 4.78 is 11.3. The SMILES string of the molecule is CC(C)COCCN1CCC(OCCN)CC1. The summed E-state index contributed by atoms with van der Waals surface area (Å²) in [6, 6.07) is 0. The number of rotatable bonds is 8. The van der Waals surface area contributed by atoms with Crippen LogP contribution in [-0.4, -0.2) is 57.0 Å². The highest BCUT2D eigenvalue weighted by Gasteiger charge is 2.18. The molecule has 0 amide bonds. The van der Waals surface area contributed by atoms with Crippen LogP contribution in [0.25, 0.3) is 0 Å². The van der Waals surface area contributed by atoms with Crippen LogP contribution < -0.4 is 5.73 Å². The monoisotopic (exact) mass is 244 g/mol. The van der Waals surface area contributed by atoms with E-state index in [1.807, 2.05) is 0 Å². The lowest BCUT2D eigenvalue weighted by Gasteiger charge is -2.31. The third kappa shape index (κ3) is 6.99. The molecular weight excluding hydrogens is 216 g/mol. The highest BCUT2D eigenvalue weighted by atomic mass is 16.5. The Hall–Kier alpha value is -0.160. The summed E-state index contributed by atoms with van der Waals surface area (Å²) >= 11 is 0. The highest BCUT2D eigenvalue weighted by Crippen LogP contribution is 2.13. The van der Waals surface area contributed by atoms with Gasteiger partial charge in [0.15, 0.2) is 0 Å². The maximum Gasteiger partial charge on any atom is 0.0600 e. The minimum Gasteiger partial charge on any atom is -0.380 e. The topological polar surface area (TPSA) is 47.7 Å². The summed E-state index contributed by atoms with van der Waals surface area (Å²) in [7, 11) is 0. The normalized spacial score (nSPS) is 19.1. The van der Waals surface area contributed by atoms with Crippen molar-refractivity contribution < 1.29 is 9.47 Å². The third-order valence-electron chi connectivity index (χ3n) is 3.01. The Balaban J connectivity index is 1.99. The lowest BCUT2D eigenvalue weighted by atomic mass is 10.1. The van der Waals surface area contributed by atoms with Crippen molar-refractivity contribution in [1.82, 2.24) is 4.90 Å². The first-order chi connectivity index (χ1) is 8.22. The molecule has 4 nitrogen and oxygen atoms in total. The van der Waals surface area contributed by atoms with Crippen LogP contribution in [0.3, 0.4) is 0 Å². The van der Waals surface area contributed by atoms with Crippen molar-refractivity contribution in [3.63, 3.8) is 0 Å². The van der Waals surface area contributed by atoms with Crippen LogP contribution in [0.2, 0.25) is 0 Å². The summed E-state index contributed by atoms with van der Waals surface area (Å²) in [6.45, 7) is 10.7. The number of piperidine rings is 1. The van der Waals surface area contributed by atoms with Crippen LogP contribution in [0.4, 0.5) is 0 Å². The molecule has 1 fully saturated rings. The zero-order valence-electron chi connectivity index (χ0n) is 11.4. The smallest absolute Gasteiger partial charge is 0.0600 e. The molecule has 0 bridgehead atoms. The third-order valence-corrected chi connectivity index (χ3v) is 3.01. The fourth-order valence-electron chi connectivity index (χ4n) is 2.05. The number of nitrogens with zero attached hydrogens (tertiary/aromatic N) is 1. The molecule has 1 aliphatic rings. The van der Waals surface area contributed by atoms with Gasteiger partial charge in [0.2, 0.25) is 0 Å². The molecule has 0 aromatic heterocycles. The minimum absolute atomic E-state index is 0.423. The Morgan fingerprint density at radius 1 is 1.24 bits per heavy atom. The first-order valence-electron chi connectivity index (χ1n) is 6.84.